The van der Waals surface area contributed by atoms with Crippen molar-refractivity contribution in [1.82, 2.24) is 9.38 Å². The van der Waals surface area contributed by atoms with E-state index in [1.165, 1.54) is 0 Å². The zero-order chi connectivity index (χ0) is 10.3. The third-order valence-electron chi connectivity index (χ3n) is 2.16. The van der Waals surface area contributed by atoms with Gasteiger partial charge in [0.25, 0.3) is 0 Å². The van der Waals surface area contributed by atoms with Crippen molar-refractivity contribution < 1.29 is 0 Å². The Morgan fingerprint density at radius 2 is 2.21 bits per heavy atom. The molecule has 0 atom stereocenters. The standard InChI is InChI=1S/C9H11ClN4/c1-2-7-8(12)14-4-5(10)3-6(11)9(14)13-7/h3-4H,2,11-12H2,1H3. The number of hydrogen-bond acceptors (Lipinski definition) is 3. The number of anilines is 2. The average Bonchev–Trinajstić information content (AvgIpc) is 2.44. The van der Waals surface area contributed by atoms with Gasteiger partial charge >= 0.3 is 0 Å². The molecule has 0 bridgehead atoms. The van der Waals surface area contributed by atoms with Crippen LogP contribution in [0.3, 0.4) is 0 Å². The third kappa shape index (κ3) is 1.19. The van der Waals surface area contributed by atoms with Crippen LogP contribution in [0.5, 0.6) is 0 Å². The summed E-state index contributed by atoms with van der Waals surface area (Å²) < 4.78 is 1.72. The van der Waals surface area contributed by atoms with Crippen molar-refractivity contribution in [3.63, 3.8) is 0 Å². The van der Waals surface area contributed by atoms with E-state index in [1.54, 1.807) is 16.7 Å². The largest absolute Gasteiger partial charge is 0.396 e. The number of nitrogens with zero attached hydrogens (tertiary/aromatic N) is 2. The van der Waals surface area contributed by atoms with Gasteiger partial charge in [0.2, 0.25) is 0 Å². The first-order valence-corrected chi connectivity index (χ1v) is 4.72. The van der Waals surface area contributed by atoms with Gasteiger partial charge < -0.3 is 11.5 Å². The molecule has 4 N–H and O–H groups in total. The van der Waals surface area contributed by atoms with Crippen LogP contribution >= 0.6 is 11.6 Å². The van der Waals surface area contributed by atoms with Gasteiger partial charge in [-0.3, -0.25) is 4.40 Å². The lowest BCUT2D eigenvalue weighted by Gasteiger charge is -2.00. The summed E-state index contributed by atoms with van der Waals surface area (Å²) in [5, 5.41) is 0.557. The summed E-state index contributed by atoms with van der Waals surface area (Å²) >= 11 is 5.86. The molecule has 0 saturated heterocycles. The van der Waals surface area contributed by atoms with Gasteiger partial charge in [-0.15, -0.1) is 0 Å². The highest BCUT2D eigenvalue weighted by Crippen LogP contribution is 2.23. The number of nitrogens with two attached hydrogens (primary N) is 2. The van der Waals surface area contributed by atoms with Crippen molar-refractivity contribution in [1.29, 1.82) is 0 Å². The monoisotopic (exact) mass is 210 g/mol. The number of pyridine rings is 1. The number of aryl methyl sites for hydroxylation is 1. The van der Waals surface area contributed by atoms with Crippen molar-refractivity contribution in [3.05, 3.63) is 23.0 Å². The Labute approximate surface area is 86.5 Å². The van der Waals surface area contributed by atoms with E-state index in [1.807, 2.05) is 6.92 Å². The summed E-state index contributed by atoms with van der Waals surface area (Å²) in [4.78, 5) is 4.33. The number of fused-ring (bicyclic) bond motifs is 1. The van der Waals surface area contributed by atoms with Gasteiger partial charge in [0.15, 0.2) is 5.65 Å². The maximum absolute atomic E-state index is 5.87. The maximum atomic E-state index is 5.87. The molecule has 2 aromatic heterocycles. The molecule has 0 fully saturated rings. The first-order chi connectivity index (χ1) is 6.63. The van der Waals surface area contributed by atoms with Crippen LogP contribution in [0, 0.1) is 0 Å². The van der Waals surface area contributed by atoms with Crippen LogP contribution in [0.15, 0.2) is 12.3 Å². The average molecular weight is 211 g/mol. The number of aromatic nitrogens is 2. The normalized spacial score (nSPS) is 11.0. The highest BCUT2D eigenvalue weighted by Gasteiger charge is 2.10. The van der Waals surface area contributed by atoms with Crippen molar-refractivity contribution in [3.8, 4) is 0 Å². The Kier molecular flexibility index (Phi) is 2.00. The fourth-order valence-corrected chi connectivity index (χ4v) is 1.68. The SMILES string of the molecule is CCc1nc2c(N)cc(Cl)cn2c1N. The fourth-order valence-electron chi connectivity index (χ4n) is 1.46. The summed E-state index contributed by atoms with van der Waals surface area (Å²) in [5.41, 5.74) is 13.7. The molecule has 0 spiro atoms. The van der Waals surface area contributed by atoms with Crippen molar-refractivity contribution in [2.24, 2.45) is 0 Å². The molecule has 14 heavy (non-hydrogen) atoms. The highest BCUT2D eigenvalue weighted by atomic mass is 35.5. The van der Waals surface area contributed by atoms with Gasteiger partial charge in [-0.05, 0) is 12.5 Å². The molecule has 0 aliphatic carbocycles. The minimum Gasteiger partial charge on any atom is -0.396 e. The van der Waals surface area contributed by atoms with Gasteiger partial charge in [-0.25, -0.2) is 4.98 Å². The van der Waals surface area contributed by atoms with E-state index in [0.717, 1.165) is 12.1 Å². The number of nitrogen functional groups attached to an aromatic ring is 2. The second-order valence-corrected chi connectivity index (χ2v) is 3.54. The second-order valence-electron chi connectivity index (χ2n) is 3.10. The molecule has 0 unspecified atom stereocenters. The Hall–Kier alpha value is -1.42. The zero-order valence-electron chi connectivity index (χ0n) is 7.79. The van der Waals surface area contributed by atoms with Crippen LogP contribution in [0.1, 0.15) is 12.6 Å². The van der Waals surface area contributed by atoms with Gasteiger partial charge in [-0.2, -0.15) is 0 Å². The molecule has 2 heterocycles. The molecular formula is C9H11ClN4. The lowest BCUT2D eigenvalue weighted by Crippen LogP contribution is -1.97. The summed E-state index contributed by atoms with van der Waals surface area (Å²) in [7, 11) is 0. The Bertz CT molecular complexity index is 489. The van der Waals surface area contributed by atoms with E-state index in [9.17, 15) is 0 Å². The highest BCUT2D eigenvalue weighted by molar-refractivity contribution is 6.30. The molecule has 0 radical (unpaired) electrons. The van der Waals surface area contributed by atoms with Crippen LogP contribution in [0.2, 0.25) is 5.02 Å². The first-order valence-electron chi connectivity index (χ1n) is 4.35. The van der Waals surface area contributed by atoms with Crippen molar-refractivity contribution >= 4 is 28.8 Å². The Balaban J connectivity index is 2.85. The summed E-state index contributed by atoms with van der Waals surface area (Å²) in [6.45, 7) is 2.00. The molecule has 0 amide bonds. The van der Waals surface area contributed by atoms with E-state index in [2.05, 4.69) is 4.98 Å². The van der Waals surface area contributed by atoms with E-state index < -0.39 is 0 Å². The molecule has 74 valence electrons. The summed E-state index contributed by atoms with van der Waals surface area (Å²) in [6, 6.07) is 1.67. The van der Waals surface area contributed by atoms with E-state index in [0.29, 0.717) is 22.2 Å². The number of imidazole rings is 1. The van der Waals surface area contributed by atoms with Crippen LogP contribution < -0.4 is 11.5 Å². The second kappa shape index (κ2) is 3.06. The molecule has 0 aliphatic heterocycles. The minimum absolute atomic E-state index is 0.545. The molecule has 0 saturated carbocycles. The van der Waals surface area contributed by atoms with E-state index in [4.69, 9.17) is 23.1 Å². The minimum atomic E-state index is 0.545. The van der Waals surface area contributed by atoms with Gasteiger partial charge in [0.05, 0.1) is 16.4 Å². The zero-order valence-corrected chi connectivity index (χ0v) is 8.54. The van der Waals surface area contributed by atoms with Gasteiger partial charge in [0.1, 0.15) is 5.82 Å². The van der Waals surface area contributed by atoms with Crippen LogP contribution in [-0.4, -0.2) is 9.38 Å². The quantitative estimate of drug-likeness (QED) is 0.753. The maximum Gasteiger partial charge on any atom is 0.162 e. The number of halogens is 1. The van der Waals surface area contributed by atoms with Gasteiger partial charge in [-0.1, -0.05) is 18.5 Å². The smallest absolute Gasteiger partial charge is 0.162 e. The molecule has 4 nitrogen and oxygen atoms in total. The predicted molar refractivity (Wildman–Crippen MR) is 58.4 cm³/mol. The number of hydrogen-bond donors (Lipinski definition) is 2. The van der Waals surface area contributed by atoms with Crippen molar-refractivity contribution in [2.75, 3.05) is 11.5 Å². The summed E-state index contributed by atoms with van der Waals surface area (Å²) in [5.74, 6) is 0.608. The predicted octanol–water partition coefficient (Wildman–Crippen LogP) is 1.71. The number of rotatable bonds is 1. The first kappa shape index (κ1) is 9.15. The molecular weight excluding hydrogens is 200 g/mol. The van der Waals surface area contributed by atoms with Crippen LogP contribution in [0.25, 0.3) is 5.65 Å². The van der Waals surface area contributed by atoms with Gasteiger partial charge in [0, 0.05) is 6.20 Å². The lowest BCUT2D eigenvalue weighted by molar-refractivity contribution is 1.07. The molecule has 2 aromatic rings. The Morgan fingerprint density at radius 1 is 1.50 bits per heavy atom. The Morgan fingerprint density at radius 3 is 2.86 bits per heavy atom. The molecule has 0 aliphatic rings. The summed E-state index contributed by atoms with van der Waals surface area (Å²) in [6.07, 6.45) is 2.50. The van der Waals surface area contributed by atoms with E-state index in [-0.39, 0.29) is 0 Å². The molecule has 2 rings (SSSR count). The van der Waals surface area contributed by atoms with Crippen LogP contribution in [0.4, 0.5) is 11.5 Å². The van der Waals surface area contributed by atoms with Crippen LogP contribution in [-0.2, 0) is 6.42 Å². The third-order valence-corrected chi connectivity index (χ3v) is 2.37. The lowest BCUT2D eigenvalue weighted by atomic mass is 10.3. The van der Waals surface area contributed by atoms with Crippen molar-refractivity contribution in [2.45, 2.75) is 13.3 Å². The van der Waals surface area contributed by atoms with E-state index >= 15 is 0 Å². The fraction of sp³-hybridized carbons (Fsp3) is 0.222. The molecule has 5 heteroatoms. The molecule has 0 aromatic carbocycles. The topological polar surface area (TPSA) is 69.3 Å².